The van der Waals surface area contributed by atoms with Gasteiger partial charge in [0, 0.05) is 5.69 Å². The van der Waals surface area contributed by atoms with Gasteiger partial charge in [-0.1, -0.05) is 72.0 Å². The SMILES string of the molecule is Cc1ccc(N2C(=O)/C(=C\c3ccc(OCC(=O)Nc4ccccc4C)cc3)SC2=S)cc1. The van der Waals surface area contributed by atoms with Gasteiger partial charge in [-0.15, -0.1) is 0 Å². The summed E-state index contributed by atoms with van der Waals surface area (Å²) in [7, 11) is 0. The van der Waals surface area contributed by atoms with E-state index in [2.05, 4.69) is 5.32 Å². The van der Waals surface area contributed by atoms with Gasteiger partial charge in [0.2, 0.25) is 0 Å². The zero-order valence-electron chi connectivity index (χ0n) is 18.2. The third kappa shape index (κ3) is 5.50. The van der Waals surface area contributed by atoms with Crippen LogP contribution in [-0.2, 0) is 9.59 Å². The molecule has 1 N–H and O–H groups in total. The first-order valence-corrected chi connectivity index (χ1v) is 11.6. The fourth-order valence-corrected chi connectivity index (χ4v) is 4.54. The Morgan fingerprint density at radius 1 is 1.03 bits per heavy atom. The van der Waals surface area contributed by atoms with Gasteiger partial charge in [0.25, 0.3) is 11.8 Å². The first-order valence-electron chi connectivity index (χ1n) is 10.3. The van der Waals surface area contributed by atoms with Crippen LogP contribution in [0.15, 0.2) is 77.7 Å². The molecule has 7 heteroatoms. The molecule has 0 saturated carbocycles. The van der Waals surface area contributed by atoms with E-state index in [0.29, 0.717) is 15.0 Å². The average Bonchev–Trinajstić information content (AvgIpc) is 3.08. The number of anilines is 2. The van der Waals surface area contributed by atoms with Crippen molar-refractivity contribution in [3.63, 3.8) is 0 Å². The van der Waals surface area contributed by atoms with Crippen molar-refractivity contribution in [1.29, 1.82) is 0 Å². The fraction of sp³-hybridized carbons (Fsp3) is 0.115. The summed E-state index contributed by atoms with van der Waals surface area (Å²) in [6, 6.07) is 22.5. The van der Waals surface area contributed by atoms with Crippen molar-refractivity contribution in [3.05, 3.63) is 94.4 Å². The number of carbonyl (C=O) groups excluding carboxylic acids is 2. The van der Waals surface area contributed by atoms with Crippen molar-refractivity contribution in [2.45, 2.75) is 13.8 Å². The van der Waals surface area contributed by atoms with Crippen LogP contribution < -0.4 is 15.0 Å². The topological polar surface area (TPSA) is 58.6 Å². The minimum atomic E-state index is -0.229. The van der Waals surface area contributed by atoms with Crippen LogP contribution in [0.2, 0.25) is 0 Å². The summed E-state index contributed by atoms with van der Waals surface area (Å²) in [5, 5.41) is 2.84. The molecule has 0 bridgehead atoms. The molecule has 0 aliphatic carbocycles. The largest absolute Gasteiger partial charge is 0.484 e. The molecule has 1 heterocycles. The highest BCUT2D eigenvalue weighted by molar-refractivity contribution is 8.27. The van der Waals surface area contributed by atoms with Gasteiger partial charge in [0.1, 0.15) is 5.75 Å². The van der Waals surface area contributed by atoms with Crippen LogP contribution in [0.1, 0.15) is 16.7 Å². The van der Waals surface area contributed by atoms with E-state index in [1.807, 2.05) is 80.6 Å². The van der Waals surface area contributed by atoms with Crippen molar-refractivity contribution in [2.75, 3.05) is 16.8 Å². The number of thiocarbonyl (C=S) groups is 1. The predicted molar refractivity (Wildman–Crippen MR) is 139 cm³/mol. The molecule has 0 radical (unpaired) electrons. The molecule has 3 aromatic rings. The van der Waals surface area contributed by atoms with Gasteiger partial charge in [-0.3, -0.25) is 14.5 Å². The molecule has 0 aromatic heterocycles. The molecule has 1 aliphatic heterocycles. The Bertz CT molecular complexity index is 1240. The van der Waals surface area contributed by atoms with Crippen LogP contribution in [0.3, 0.4) is 0 Å². The van der Waals surface area contributed by atoms with E-state index in [9.17, 15) is 9.59 Å². The van der Waals surface area contributed by atoms with Gasteiger partial charge < -0.3 is 10.1 Å². The Balaban J connectivity index is 1.37. The molecule has 3 aromatic carbocycles. The Labute approximate surface area is 202 Å². The van der Waals surface area contributed by atoms with E-state index in [4.69, 9.17) is 17.0 Å². The number of hydrogen-bond acceptors (Lipinski definition) is 5. The summed E-state index contributed by atoms with van der Waals surface area (Å²) in [5.41, 5.74) is 4.48. The summed E-state index contributed by atoms with van der Waals surface area (Å²) in [6.45, 7) is 3.84. The lowest BCUT2D eigenvalue weighted by Gasteiger charge is -2.14. The number of thioether (sulfide) groups is 1. The predicted octanol–water partition coefficient (Wildman–Crippen LogP) is 5.73. The van der Waals surface area contributed by atoms with Crippen molar-refractivity contribution < 1.29 is 14.3 Å². The number of aryl methyl sites for hydroxylation is 2. The highest BCUT2D eigenvalue weighted by atomic mass is 32.2. The maximum atomic E-state index is 12.9. The Kier molecular flexibility index (Phi) is 6.91. The fourth-order valence-electron chi connectivity index (χ4n) is 3.24. The summed E-state index contributed by atoms with van der Waals surface area (Å²) in [5.74, 6) is 0.203. The highest BCUT2D eigenvalue weighted by Gasteiger charge is 2.33. The van der Waals surface area contributed by atoms with E-state index >= 15 is 0 Å². The second kappa shape index (κ2) is 10.0. The molecular weight excluding hydrogens is 452 g/mol. The van der Waals surface area contributed by atoms with Gasteiger partial charge in [-0.25, -0.2) is 0 Å². The molecule has 5 nitrogen and oxygen atoms in total. The molecule has 0 unspecified atom stereocenters. The standard InChI is InChI=1S/C26H22N2O3S2/c1-17-7-11-20(12-8-17)28-25(30)23(33-26(28)32)15-19-9-13-21(14-10-19)31-16-24(29)27-22-6-4-3-5-18(22)2/h3-15H,16H2,1-2H3,(H,27,29)/b23-15+. The van der Waals surface area contributed by atoms with Gasteiger partial charge in [-0.05, 0) is 61.4 Å². The summed E-state index contributed by atoms with van der Waals surface area (Å²) < 4.78 is 6.10. The number of rotatable bonds is 6. The zero-order valence-corrected chi connectivity index (χ0v) is 19.8. The first-order chi connectivity index (χ1) is 15.9. The van der Waals surface area contributed by atoms with Crippen molar-refractivity contribution in [3.8, 4) is 5.75 Å². The number of amides is 2. The zero-order chi connectivity index (χ0) is 23.4. The Hall–Kier alpha value is -3.42. The third-order valence-corrected chi connectivity index (χ3v) is 6.35. The summed E-state index contributed by atoms with van der Waals surface area (Å²) in [4.78, 5) is 27.2. The van der Waals surface area contributed by atoms with Gasteiger partial charge in [0.05, 0.1) is 10.6 Å². The molecule has 166 valence electrons. The molecular formula is C26H22N2O3S2. The van der Waals surface area contributed by atoms with Gasteiger partial charge in [-0.2, -0.15) is 0 Å². The quantitative estimate of drug-likeness (QED) is 0.365. The van der Waals surface area contributed by atoms with E-state index in [0.717, 1.165) is 28.1 Å². The second-order valence-corrected chi connectivity index (χ2v) is 9.25. The van der Waals surface area contributed by atoms with Crippen LogP contribution in [-0.4, -0.2) is 22.7 Å². The second-order valence-electron chi connectivity index (χ2n) is 7.57. The van der Waals surface area contributed by atoms with Crippen molar-refractivity contribution in [1.82, 2.24) is 0 Å². The van der Waals surface area contributed by atoms with Gasteiger partial charge >= 0.3 is 0 Å². The summed E-state index contributed by atoms with van der Waals surface area (Å²) >= 11 is 6.71. The lowest BCUT2D eigenvalue weighted by atomic mass is 10.2. The van der Waals surface area contributed by atoms with E-state index < -0.39 is 0 Å². The number of benzene rings is 3. The Morgan fingerprint density at radius 3 is 2.42 bits per heavy atom. The van der Waals surface area contributed by atoms with Crippen LogP contribution in [0.25, 0.3) is 6.08 Å². The van der Waals surface area contributed by atoms with Crippen LogP contribution >= 0.6 is 24.0 Å². The maximum absolute atomic E-state index is 12.9. The molecule has 1 aliphatic rings. The van der Waals surface area contributed by atoms with Crippen LogP contribution in [0.4, 0.5) is 11.4 Å². The molecule has 1 fully saturated rings. The van der Waals surface area contributed by atoms with Gasteiger partial charge in [0.15, 0.2) is 10.9 Å². The highest BCUT2D eigenvalue weighted by Crippen LogP contribution is 2.36. The van der Waals surface area contributed by atoms with Crippen molar-refractivity contribution >= 4 is 57.6 Å². The minimum absolute atomic E-state index is 0.0944. The molecule has 1 saturated heterocycles. The van der Waals surface area contributed by atoms with Crippen LogP contribution in [0, 0.1) is 13.8 Å². The van der Waals surface area contributed by atoms with E-state index in [-0.39, 0.29) is 18.4 Å². The smallest absolute Gasteiger partial charge is 0.270 e. The van der Waals surface area contributed by atoms with Crippen LogP contribution in [0.5, 0.6) is 5.75 Å². The summed E-state index contributed by atoms with van der Waals surface area (Å²) in [6.07, 6.45) is 1.81. The minimum Gasteiger partial charge on any atom is -0.484 e. The third-order valence-electron chi connectivity index (χ3n) is 5.05. The lowest BCUT2D eigenvalue weighted by Crippen LogP contribution is -2.27. The number of nitrogens with zero attached hydrogens (tertiary/aromatic N) is 1. The number of hydrogen-bond donors (Lipinski definition) is 1. The normalized spacial score (nSPS) is 14.6. The number of carbonyl (C=O) groups is 2. The Morgan fingerprint density at radius 2 is 1.73 bits per heavy atom. The number of para-hydroxylation sites is 1. The maximum Gasteiger partial charge on any atom is 0.270 e. The molecule has 33 heavy (non-hydrogen) atoms. The number of nitrogens with one attached hydrogen (secondary N) is 1. The molecule has 4 rings (SSSR count). The lowest BCUT2D eigenvalue weighted by molar-refractivity contribution is -0.118. The number of ether oxygens (including phenoxy) is 1. The molecule has 0 spiro atoms. The average molecular weight is 475 g/mol. The monoisotopic (exact) mass is 474 g/mol. The van der Waals surface area contributed by atoms with Crippen molar-refractivity contribution in [2.24, 2.45) is 0 Å². The van der Waals surface area contributed by atoms with E-state index in [1.54, 1.807) is 17.0 Å². The molecule has 2 amide bonds. The first kappa shape index (κ1) is 22.8. The van der Waals surface area contributed by atoms with E-state index in [1.165, 1.54) is 11.8 Å². The molecule has 0 atom stereocenters.